The number of carbonyl (C=O) groups excluding carboxylic acids is 1. The van der Waals surface area contributed by atoms with E-state index in [2.05, 4.69) is 56.9 Å². The topological polar surface area (TPSA) is 58.8 Å². The van der Waals surface area contributed by atoms with E-state index in [1.54, 1.807) is 0 Å². The Bertz CT molecular complexity index is 907. The molecule has 1 heterocycles. The first kappa shape index (κ1) is 27.3. The van der Waals surface area contributed by atoms with Gasteiger partial charge in [-0.1, -0.05) is 51.4 Å². The van der Waals surface area contributed by atoms with E-state index in [4.69, 9.17) is 22.1 Å². The van der Waals surface area contributed by atoms with Gasteiger partial charge in [-0.05, 0) is 79.5 Å². The molecule has 0 aromatic heterocycles. The Morgan fingerprint density at radius 1 is 1.03 bits per heavy atom. The fourth-order valence-corrected chi connectivity index (χ4v) is 4.77. The quantitative estimate of drug-likeness (QED) is 0.403. The highest BCUT2D eigenvalue weighted by Crippen LogP contribution is 2.27. The lowest BCUT2D eigenvalue weighted by Crippen LogP contribution is -2.51. The minimum atomic E-state index is -0.385. The molecule has 35 heavy (non-hydrogen) atoms. The van der Waals surface area contributed by atoms with Crippen molar-refractivity contribution in [3.8, 4) is 5.75 Å². The van der Waals surface area contributed by atoms with Gasteiger partial charge in [-0.15, -0.1) is 0 Å². The fraction of sp³-hybridized carbons (Fsp3) is 0.552. The summed E-state index contributed by atoms with van der Waals surface area (Å²) in [5.74, 6) is 2.02. The van der Waals surface area contributed by atoms with Crippen molar-refractivity contribution in [2.45, 2.75) is 72.1 Å². The second-order valence-electron chi connectivity index (χ2n) is 10.6. The van der Waals surface area contributed by atoms with Crippen molar-refractivity contribution >= 4 is 23.2 Å². The molecule has 192 valence electrons. The number of carbonyl (C=O) groups is 1. The smallest absolute Gasteiger partial charge is 0.239 e. The Morgan fingerprint density at radius 2 is 1.66 bits per heavy atom. The fourth-order valence-electron chi connectivity index (χ4n) is 4.64. The van der Waals surface area contributed by atoms with Crippen LogP contribution in [0.5, 0.6) is 5.75 Å². The molecule has 0 saturated carbocycles. The number of ether oxygens (including phenoxy) is 1. The zero-order chi connectivity index (χ0) is 25.4. The molecule has 1 aliphatic rings. The normalized spacial score (nSPS) is 15.5. The standard InChI is InChI=1S/C29H42ClN3O2/c1-21(2)13-18-33(26-14-16-32(17-15-26)29(34)28(31)19-22(3)4)25-9-11-27(12-10-25)35-20-23-5-7-24(30)8-6-23/h5-12,21-22,26,28H,13-20,31H2,1-4H3. The third kappa shape index (κ3) is 8.43. The third-order valence-electron chi connectivity index (χ3n) is 6.69. The van der Waals surface area contributed by atoms with Crippen molar-refractivity contribution in [3.05, 3.63) is 59.1 Å². The highest BCUT2D eigenvalue weighted by molar-refractivity contribution is 6.30. The monoisotopic (exact) mass is 499 g/mol. The van der Waals surface area contributed by atoms with Crippen LogP contribution in [0.25, 0.3) is 0 Å². The molecule has 1 atom stereocenters. The molecule has 1 amide bonds. The number of nitrogens with zero attached hydrogens (tertiary/aromatic N) is 2. The van der Waals surface area contributed by atoms with Gasteiger partial charge in [0, 0.05) is 36.4 Å². The molecule has 1 aliphatic heterocycles. The molecule has 0 radical (unpaired) electrons. The minimum absolute atomic E-state index is 0.105. The summed E-state index contributed by atoms with van der Waals surface area (Å²) in [7, 11) is 0. The number of hydrogen-bond acceptors (Lipinski definition) is 4. The average molecular weight is 500 g/mol. The summed E-state index contributed by atoms with van der Waals surface area (Å²) in [4.78, 5) is 17.3. The van der Waals surface area contributed by atoms with E-state index in [-0.39, 0.29) is 11.9 Å². The maximum absolute atomic E-state index is 12.8. The Labute approximate surface area is 216 Å². The number of likely N-dealkylation sites (tertiary alicyclic amines) is 1. The van der Waals surface area contributed by atoms with Crippen LogP contribution in [-0.4, -0.2) is 42.5 Å². The molecule has 2 aromatic rings. The minimum Gasteiger partial charge on any atom is -0.489 e. The maximum Gasteiger partial charge on any atom is 0.239 e. The molecule has 6 heteroatoms. The highest BCUT2D eigenvalue weighted by Gasteiger charge is 2.29. The number of nitrogens with two attached hydrogens (primary N) is 1. The summed E-state index contributed by atoms with van der Waals surface area (Å²) in [6, 6.07) is 16.2. The summed E-state index contributed by atoms with van der Waals surface area (Å²) >= 11 is 5.97. The van der Waals surface area contributed by atoms with Crippen LogP contribution in [0.1, 0.15) is 58.9 Å². The largest absolute Gasteiger partial charge is 0.489 e. The van der Waals surface area contributed by atoms with Gasteiger partial charge in [0.05, 0.1) is 6.04 Å². The molecule has 0 bridgehead atoms. The molecule has 0 spiro atoms. The molecule has 1 saturated heterocycles. The highest BCUT2D eigenvalue weighted by atomic mass is 35.5. The maximum atomic E-state index is 12.8. The molecule has 1 unspecified atom stereocenters. The van der Waals surface area contributed by atoms with Crippen LogP contribution in [0.15, 0.2) is 48.5 Å². The molecular formula is C29H42ClN3O2. The van der Waals surface area contributed by atoms with Crippen molar-refractivity contribution in [1.29, 1.82) is 0 Å². The number of benzene rings is 2. The molecule has 2 aromatic carbocycles. The van der Waals surface area contributed by atoms with Crippen LogP contribution in [-0.2, 0) is 11.4 Å². The molecule has 5 nitrogen and oxygen atoms in total. The lowest BCUT2D eigenvalue weighted by atomic mass is 9.98. The Balaban J connectivity index is 1.61. The van der Waals surface area contributed by atoms with Gasteiger partial charge in [-0.3, -0.25) is 4.79 Å². The summed E-state index contributed by atoms with van der Waals surface area (Å²) in [5.41, 5.74) is 8.48. The van der Waals surface area contributed by atoms with Crippen molar-refractivity contribution in [1.82, 2.24) is 4.90 Å². The average Bonchev–Trinajstić information content (AvgIpc) is 2.84. The Hall–Kier alpha value is -2.24. The van der Waals surface area contributed by atoms with E-state index in [0.29, 0.717) is 24.5 Å². The second kappa shape index (κ2) is 13.2. The van der Waals surface area contributed by atoms with Gasteiger partial charge in [-0.25, -0.2) is 0 Å². The van der Waals surface area contributed by atoms with Crippen molar-refractivity contribution in [2.24, 2.45) is 17.6 Å². The SMILES string of the molecule is CC(C)CCN(c1ccc(OCc2ccc(Cl)cc2)cc1)C1CCN(C(=O)C(N)CC(C)C)CC1. The molecule has 1 fully saturated rings. The molecule has 0 aliphatic carbocycles. The lowest BCUT2D eigenvalue weighted by Gasteiger charge is -2.41. The van der Waals surface area contributed by atoms with Crippen LogP contribution in [0, 0.1) is 11.8 Å². The van der Waals surface area contributed by atoms with E-state index in [9.17, 15) is 4.79 Å². The Kier molecular flexibility index (Phi) is 10.3. The summed E-state index contributed by atoms with van der Waals surface area (Å²) in [5, 5.41) is 0.730. The predicted octanol–water partition coefficient (Wildman–Crippen LogP) is 6.14. The van der Waals surface area contributed by atoms with Crippen LogP contribution >= 0.6 is 11.6 Å². The zero-order valence-corrected chi connectivity index (χ0v) is 22.5. The lowest BCUT2D eigenvalue weighted by molar-refractivity contribution is -0.134. The van der Waals surface area contributed by atoms with E-state index < -0.39 is 0 Å². The van der Waals surface area contributed by atoms with E-state index in [0.717, 1.165) is 61.7 Å². The first-order valence-corrected chi connectivity index (χ1v) is 13.4. The van der Waals surface area contributed by atoms with Gasteiger partial charge in [-0.2, -0.15) is 0 Å². The van der Waals surface area contributed by atoms with Crippen molar-refractivity contribution < 1.29 is 9.53 Å². The van der Waals surface area contributed by atoms with Gasteiger partial charge >= 0.3 is 0 Å². The second-order valence-corrected chi connectivity index (χ2v) is 11.0. The van der Waals surface area contributed by atoms with Gasteiger partial charge in [0.25, 0.3) is 0 Å². The number of anilines is 1. The number of piperidine rings is 1. The molecule has 2 N–H and O–H groups in total. The summed E-state index contributed by atoms with van der Waals surface area (Å²) in [6.45, 7) is 11.8. The van der Waals surface area contributed by atoms with Crippen molar-refractivity contribution in [3.63, 3.8) is 0 Å². The van der Waals surface area contributed by atoms with Crippen LogP contribution in [0.2, 0.25) is 5.02 Å². The van der Waals surface area contributed by atoms with Crippen molar-refractivity contribution in [2.75, 3.05) is 24.5 Å². The zero-order valence-electron chi connectivity index (χ0n) is 21.8. The molecular weight excluding hydrogens is 458 g/mol. The van der Waals surface area contributed by atoms with Crippen LogP contribution < -0.4 is 15.4 Å². The summed E-state index contributed by atoms with van der Waals surface area (Å²) < 4.78 is 5.98. The predicted molar refractivity (Wildman–Crippen MR) is 146 cm³/mol. The van der Waals surface area contributed by atoms with Crippen LogP contribution in [0.4, 0.5) is 5.69 Å². The van der Waals surface area contributed by atoms with E-state index in [1.165, 1.54) is 5.69 Å². The van der Waals surface area contributed by atoms with Gasteiger partial charge in [0.1, 0.15) is 12.4 Å². The number of hydrogen-bond donors (Lipinski definition) is 1. The van der Waals surface area contributed by atoms with Gasteiger partial charge in [0.15, 0.2) is 0 Å². The van der Waals surface area contributed by atoms with E-state index in [1.807, 2.05) is 29.2 Å². The summed E-state index contributed by atoms with van der Waals surface area (Å²) in [6.07, 6.45) is 3.80. The number of halogens is 1. The van der Waals surface area contributed by atoms with Gasteiger partial charge < -0.3 is 20.3 Å². The van der Waals surface area contributed by atoms with E-state index >= 15 is 0 Å². The molecule has 3 rings (SSSR count). The Morgan fingerprint density at radius 3 is 2.23 bits per heavy atom. The first-order valence-electron chi connectivity index (χ1n) is 13.0. The third-order valence-corrected chi connectivity index (χ3v) is 6.95. The first-order chi connectivity index (χ1) is 16.7. The number of rotatable bonds is 11. The number of amides is 1. The van der Waals surface area contributed by atoms with Crippen LogP contribution in [0.3, 0.4) is 0 Å². The van der Waals surface area contributed by atoms with Gasteiger partial charge in [0.2, 0.25) is 5.91 Å².